The summed E-state index contributed by atoms with van der Waals surface area (Å²) in [4.78, 5) is 15.0. The van der Waals surface area contributed by atoms with Gasteiger partial charge in [0.25, 0.3) is 0 Å². The van der Waals surface area contributed by atoms with Crippen LogP contribution in [0.2, 0.25) is 0 Å². The Bertz CT molecular complexity index is 3190. The maximum absolute atomic E-state index is 6.90. The smallest absolute Gasteiger partial charge is 0.178 e. The van der Waals surface area contributed by atoms with Gasteiger partial charge in [0.1, 0.15) is 11.2 Å². The van der Waals surface area contributed by atoms with Crippen molar-refractivity contribution in [2.75, 3.05) is 0 Å². The first-order chi connectivity index (χ1) is 28.7. The van der Waals surface area contributed by atoms with Crippen LogP contribution in [-0.4, -0.2) is 15.0 Å². The average Bonchev–Trinajstić information content (AvgIpc) is 3.82. The quantitative estimate of drug-likeness (QED) is 0.175. The number of ether oxygens (including phenoxy) is 2. The van der Waals surface area contributed by atoms with Crippen LogP contribution in [0.5, 0.6) is 23.0 Å². The zero-order chi connectivity index (χ0) is 38.2. The lowest BCUT2D eigenvalue weighted by molar-refractivity contribution is 0.360. The van der Waals surface area contributed by atoms with Crippen molar-refractivity contribution in [2.45, 2.75) is 5.41 Å². The Morgan fingerprint density at radius 1 is 0.379 bits per heavy atom. The molecule has 1 aliphatic heterocycles. The third-order valence-corrected chi connectivity index (χ3v) is 11.5. The first-order valence-corrected chi connectivity index (χ1v) is 19.3. The van der Waals surface area contributed by atoms with Crippen LogP contribution in [0, 0.1) is 0 Å². The number of benzene rings is 8. The molecule has 0 saturated heterocycles. The molecule has 0 unspecified atom stereocenters. The predicted molar refractivity (Wildman–Crippen MR) is 227 cm³/mol. The Morgan fingerprint density at radius 3 is 1.72 bits per heavy atom. The molecule has 0 bridgehead atoms. The normalized spacial score (nSPS) is 13.2. The number of hydrogen-bond acceptors (Lipinski definition) is 6. The minimum Gasteiger partial charge on any atom is -0.456 e. The topological polar surface area (TPSA) is 70.3 Å². The molecule has 12 rings (SSSR count). The Hall–Kier alpha value is -7.83. The van der Waals surface area contributed by atoms with Crippen molar-refractivity contribution in [1.82, 2.24) is 15.0 Å². The number of furan rings is 1. The Balaban J connectivity index is 0.976. The monoisotopic (exact) mass is 745 g/mol. The Labute approximate surface area is 333 Å². The molecule has 6 nitrogen and oxygen atoms in total. The summed E-state index contributed by atoms with van der Waals surface area (Å²) in [5.74, 6) is 4.18. The van der Waals surface area contributed by atoms with Gasteiger partial charge in [0.15, 0.2) is 40.5 Å². The van der Waals surface area contributed by atoms with E-state index in [1.54, 1.807) is 0 Å². The van der Waals surface area contributed by atoms with Crippen molar-refractivity contribution in [1.29, 1.82) is 0 Å². The van der Waals surface area contributed by atoms with E-state index in [2.05, 4.69) is 103 Å². The number of para-hydroxylation sites is 1. The molecule has 10 aromatic rings. The van der Waals surface area contributed by atoms with Crippen LogP contribution in [0.3, 0.4) is 0 Å². The van der Waals surface area contributed by atoms with Gasteiger partial charge in [-0.25, -0.2) is 15.0 Å². The molecule has 0 spiro atoms. The summed E-state index contributed by atoms with van der Waals surface area (Å²) in [5, 5.41) is 2.12. The molecule has 58 heavy (non-hydrogen) atoms. The van der Waals surface area contributed by atoms with E-state index in [9.17, 15) is 0 Å². The van der Waals surface area contributed by atoms with Gasteiger partial charge in [-0.2, -0.15) is 0 Å². The van der Waals surface area contributed by atoms with E-state index in [0.717, 1.165) is 55.3 Å². The molecule has 1 aliphatic carbocycles. The van der Waals surface area contributed by atoms with Crippen LogP contribution in [0.1, 0.15) is 22.3 Å². The second-order valence-corrected chi connectivity index (χ2v) is 14.7. The summed E-state index contributed by atoms with van der Waals surface area (Å²) >= 11 is 0. The second-order valence-electron chi connectivity index (χ2n) is 14.7. The van der Waals surface area contributed by atoms with Crippen LogP contribution in [0.25, 0.3) is 67.2 Å². The molecule has 8 aromatic carbocycles. The van der Waals surface area contributed by atoms with Gasteiger partial charge < -0.3 is 13.9 Å². The van der Waals surface area contributed by atoms with Crippen LogP contribution >= 0.6 is 0 Å². The molecule has 3 heterocycles. The third-order valence-electron chi connectivity index (χ3n) is 11.5. The highest BCUT2D eigenvalue weighted by Gasteiger charge is 2.48. The van der Waals surface area contributed by atoms with Gasteiger partial charge in [-0.15, -0.1) is 0 Å². The van der Waals surface area contributed by atoms with Crippen LogP contribution in [0.15, 0.2) is 192 Å². The van der Waals surface area contributed by atoms with E-state index in [1.165, 1.54) is 16.7 Å². The van der Waals surface area contributed by atoms with Crippen molar-refractivity contribution in [2.24, 2.45) is 0 Å². The Morgan fingerprint density at radius 2 is 0.966 bits per heavy atom. The van der Waals surface area contributed by atoms with Gasteiger partial charge >= 0.3 is 0 Å². The fraction of sp³-hybridized carbons (Fsp3) is 0.0192. The summed E-state index contributed by atoms with van der Waals surface area (Å²) in [6.07, 6.45) is 0. The summed E-state index contributed by atoms with van der Waals surface area (Å²) < 4.78 is 19.9. The van der Waals surface area contributed by atoms with E-state index >= 15 is 0 Å². The van der Waals surface area contributed by atoms with E-state index in [-0.39, 0.29) is 0 Å². The number of aromatic nitrogens is 3. The lowest BCUT2D eigenvalue weighted by atomic mass is 9.68. The van der Waals surface area contributed by atoms with Gasteiger partial charge in [-0.05, 0) is 70.3 Å². The molecular formula is C52H31N3O3. The SMILES string of the molecule is c1ccc(-c2nc(-c3ccc4c(c3)Oc3ccc5c(c3O4)-c3ccccc3C5(c3ccccc3)c3ccccc3)nc(-c3ccc4c(c3)oc3ccccc34)n2)cc1. The highest BCUT2D eigenvalue weighted by molar-refractivity contribution is 6.05. The van der Waals surface area contributed by atoms with Gasteiger partial charge in [-0.1, -0.05) is 146 Å². The zero-order valence-electron chi connectivity index (χ0n) is 31.0. The van der Waals surface area contributed by atoms with Crippen LogP contribution in [-0.2, 0) is 5.41 Å². The summed E-state index contributed by atoms with van der Waals surface area (Å²) in [6.45, 7) is 0. The number of nitrogens with zero attached hydrogens (tertiary/aromatic N) is 3. The van der Waals surface area contributed by atoms with E-state index in [4.69, 9.17) is 28.8 Å². The molecule has 2 aliphatic rings. The molecule has 0 fully saturated rings. The van der Waals surface area contributed by atoms with E-state index in [0.29, 0.717) is 40.5 Å². The van der Waals surface area contributed by atoms with E-state index in [1.807, 2.05) is 84.9 Å². The van der Waals surface area contributed by atoms with Gasteiger partial charge in [0, 0.05) is 33.0 Å². The molecule has 272 valence electrons. The molecule has 6 heteroatoms. The summed E-state index contributed by atoms with van der Waals surface area (Å²) in [6, 6.07) is 64.4. The van der Waals surface area contributed by atoms with Crippen molar-refractivity contribution in [3.05, 3.63) is 210 Å². The van der Waals surface area contributed by atoms with Gasteiger partial charge in [0.2, 0.25) is 0 Å². The molecule has 0 atom stereocenters. The highest BCUT2D eigenvalue weighted by Crippen LogP contribution is 2.62. The van der Waals surface area contributed by atoms with Crippen molar-refractivity contribution < 1.29 is 13.9 Å². The summed E-state index contributed by atoms with van der Waals surface area (Å²) in [7, 11) is 0. The fourth-order valence-corrected chi connectivity index (χ4v) is 8.92. The minimum absolute atomic E-state index is 0.518. The summed E-state index contributed by atoms with van der Waals surface area (Å²) in [5.41, 5.74) is 10.5. The zero-order valence-corrected chi connectivity index (χ0v) is 31.0. The minimum atomic E-state index is -0.543. The molecule has 0 N–H and O–H groups in total. The average molecular weight is 746 g/mol. The maximum atomic E-state index is 6.90. The van der Waals surface area contributed by atoms with Crippen molar-refractivity contribution in [3.8, 4) is 68.3 Å². The highest BCUT2D eigenvalue weighted by atomic mass is 16.6. The molecule has 0 amide bonds. The number of rotatable bonds is 5. The van der Waals surface area contributed by atoms with Gasteiger partial charge in [-0.3, -0.25) is 0 Å². The van der Waals surface area contributed by atoms with Crippen LogP contribution < -0.4 is 9.47 Å². The largest absolute Gasteiger partial charge is 0.456 e. The standard InChI is InChI=1S/C52H31N3O3/c1-4-14-32(15-5-1)49-53-50(33-24-26-38-37-20-11-13-23-42(37)56-45(38)30-33)55-51(54-49)34-25-28-43-46(31-34)57-44-29-27-41-47(48(44)58-43)39-21-10-12-22-40(39)52(41,35-16-6-2-7-17-35)36-18-8-3-9-19-36/h1-31H. The number of fused-ring (bicyclic) bond motifs is 9. The molecule has 0 saturated carbocycles. The van der Waals surface area contributed by atoms with E-state index < -0.39 is 5.41 Å². The van der Waals surface area contributed by atoms with Crippen LogP contribution in [0.4, 0.5) is 0 Å². The first kappa shape index (κ1) is 32.4. The van der Waals surface area contributed by atoms with Crippen molar-refractivity contribution >= 4 is 21.9 Å². The second kappa shape index (κ2) is 12.6. The lowest BCUT2D eigenvalue weighted by Crippen LogP contribution is -2.28. The maximum Gasteiger partial charge on any atom is 0.178 e. The molecule has 0 radical (unpaired) electrons. The fourth-order valence-electron chi connectivity index (χ4n) is 8.92. The Kier molecular flexibility index (Phi) is 7.04. The number of hydrogen-bond donors (Lipinski definition) is 0. The first-order valence-electron chi connectivity index (χ1n) is 19.3. The van der Waals surface area contributed by atoms with Gasteiger partial charge in [0.05, 0.1) is 5.41 Å². The third kappa shape index (κ3) is 4.82. The molecule has 2 aromatic heterocycles. The predicted octanol–water partition coefficient (Wildman–Crippen LogP) is 13.0. The van der Waals surface area contributed by atoms with Crippen molar-refractivity contribution in [3.63, 3.8) is 0 Å². The molecular weight excluding hydrogens is 715 g/mol. The lowest BCUT2D eigenvalue weighted by Gasteiger charge is -2.34.